The van der Waals surface area contributed by atoms with Crippen LogP contribution in [-0.2, 0) is 0 Å². The summed E-state index contributed by atoms with van der Waals surface area (Å²) < 4.78 is 6.24. The Balaban J connectivity index is 1.26. The number of fused-ring (bicyclic) bond motifs is 9. The number of aromatic nitrogens is 4. The Bertz CT molecular complexity index is 2870. The van der Waals surface area contributed by atoms with Gasteiger partial charge in [-0.25, -0.2) is 15.0 Å². The first kappa shape index (κ1) is 25.8. The van der Waals surface area contributed by atoms with E-state index < -0.39 is 0 Å². The Hall–Kier alpha value is -6.46. The van der Waals surface area contributed by atoms with Crippen LogP contribution < -0.4 is 0 Å². The summed E-state index contributed by atoms with van der Waals surface area (Å²) in [5, 5.41) is 9.96. The minimum absolute atomic E-state index is 0.598. The van der Waals surface area contributed by atoms with E-state index in [4.69, 9.17) is 24.4 Å². The van der Waals surface area contributed by atoms with Crippen LogP contribution in [-0.4, -0.2) is 19.9 Å². The molecule has 0 amide bonds. The van der Waals surface area contributed by atoms with Crippen LogP contribution in [0, 0.1) is 0 Å². The third kappa shape index (κ3) is 4.10. The molecule has 0 radical (unpaired) electrons. The van der Waals surface area contributed by atoms with E-state index in [1.165, 1.54) is 5.39 Å². The van der Waals surface area contributed by atoms with Crippen LogP contribution >= 0.6 is 0 Å². The predicted molar refractivity (Wildman–Crippen MR) is 191 cm³/mol. The van der Waals surface area contributed by atoms with Crippen molar-refractivity contribution in [1.82, 2.24) is 19.9 Å². The average Bonchev–Trinajstić information content (AvgIpc) is 3.53. The van der Waals surface area contributed by atoms with Crippen molar-refractivity contribution in [2.45, 2.75) is 0 Å². The van der Waals surface area contributed by atoms with Crippen molar-refractivity contribution in [3.8, 4) is 34.2 Å². The first-order chi connectivity index (χ1) is 23.3. The van der Waals surface area contributed by atoms with Crippen molar-refractivity contribution in [2.24, 2.45) is 0 Å². The van der Waals surface area contributed by atoms with E-state index in [0.29, 0.717) is 17.5 Å². The number of hydrogen-bond acceptors (Lipinski definition) is 5. The molecule has 10 rings (SSSR count). The average molecular weight is 601 g/mol. The molecule has 0 fully saturated rings. The Morgan fingerprint density at radius 1 is 0.404 bits per heavy atom. The molecule has 0 N–H and O–H groups in total. The van der Waals surface area contributed by atoms with Gasteiger partial charge in [0.05, 0.1) is 5.52 Å². The molecular weight excluding hydrogens is 576 g/mol. The fourth-order valence-corrected chi connectivity index (χ4v) is 6.86. The van der Waals surface area contributed by atoms with Gasteiger partial charge in [-0.1, -0.05) is 109 Å². The number of pyridine rings is 1. The van der Waals surface area contributed by atoms with Gasteiger partial charge in [0.2, 0.25) is 0 Å². The van der Waals surface area contributed by atoms with Crippen LogP contribution in [0.5, 0.6) is 0 Å². The number of hydrogen-bond donors (Lipinski definition) is 0. The normalized spacial score (nSPS) is 11.8. The van der Waals surface area contributed by atoms with Gasteiger partial charge >= 0.3 is 0 Å². The minimum Gasteiger partial charge on any atom is -0.456 e. The lowest BCUT2D eigenvalue weighted by Crippen LogP contribution is -2.00. The van der Waals surface area contributed by atoms with Crippen molar-refractivity contribution in [3.05, 3.63) is 146 Å². The van der Waals surface area contributed by atoms with Gasteiger partial charge in [0.15, 0.2) is 17.5 Å². The van der Waals surface area contributed by atoms with Crippen LogP contribution in [0.15, 0.2) is 150 Å². The van der Waals surface area contributed by atoms with Crippen molar-refractivity contribution in [3.63, 3.8) is 0 Å². The zero-order chi connectivity index (χ0) is 30.9. The topological polar surface area (TPSA) is 64.7 Å². The lowest BCUT2D eigenvalue weighted by molar-refractivity contribution is 0.669. The second-order valence-corrected chi connectivity index (χ2v) is 11.9. The first-order valence-corrected chi connectivity index (χ1v) is 15.6. The van der Waals surface area contributed by atoms with Crippen LogP contribution in [0.1, 0.15) is 0 Å². The maximum atomic E-state index is 6.24. The fraction of sp³-hybridized carbons (Fsp3) is 0. The highest BCUT2D eigenvalue weighted by Gasteiger charge is 2.18. The number of para-hydroxylation sites is 1. The molecule has 3 heterocycles. The van der Waals surface area contributed by atoms with Crippen LogP contribution in [0.3, 0.4) is 0 Å². The van der Waals surface area contributed by atoms with E-state index in [1.807, 2.05) is 42.6 Å². The molecule has 3 aromatic heterocycles. The molecule has 10 aromatic rings. The SMILES string of the molecule is c1ccc2cc(-c3nc(-c4ccc5ccc6ccc7cccnc7c6c5c4)nc(-c4cccc5oc6ccccc6c45)n3)ccc2c1. The summed E-state index contributed by atoms with van der Waals surface area (Å²) in [5.74, 6) is 1.82. The first-order valence-electron chi connectivity index (χ1n) is 15.6. The zero-order valence-corrected chi connectivity index (χ0v) is 25.1. The van der Waals surface area contributed by atoms with Gasteiger partial charge < -0.3 is 4.42 Å². The third-order valence-corrected chi connectivity index (χ3v) is 9.12. The maximum Gasteiger partial charge on any atom is 0.164 e. The third-order valence-electron chi connectivity index (χ3n) is 9.12. The monoisotopic (exact) mass is 600 g/mol. The van der Waals surface area contributed by atoms with Crippen LogP contribution in [0.25, 0.3) is 99.3 Å². The number of benzene rings is 7. The standard InChI is InChI=1S/C42H24N4O/c1-2-8-29-23-30(20-14-25(29)7-1)40-44-41(46-42(45-40)33-11-5-13-36-38(33)32-10-3-4-12-35(32)47-36)31-21-16-26-15-17-27-18-19-28-9-6-22-43-39(28)37(27)34(26)24-31/h1-24H. The number of rotatable bonds is 3. The summed E-state index contributed by atoms with van der Waals surface area (Å²) in [6, 6.07) is 48.1. The fourth-order valence-electron chi connectivity index (χ4n) is 6.86. The Labute approximate surface area is 268 Å². The van der Waals surface area contributed by atoms with Gasteiger partial charge in [-0.3, -0.25) is 4.98 Å². The van der Waals surface area contributed by atoms with Crippen molar-refractivity contribution in [1.29, 1.82) is 0 Å². The lowest BCUT2D eigenvalue weighted by Gasteiger charge is -2.12. The highest BCUT2D eigenvalue weighted by Crippen LogP contribution is 2.38. The summed E-state index contributed by atoms with van der Waals surface area (Å²) in [5.41, 5.74) is 5.36. The molecule has 0 saturated heterocycles. The zero-order valence-electron chi connectivity index (χ0n) is 25.1. The molecule has 0 bridgehead atoms. The quantitative estimate of drug-likeness (QED) is 0.189. The highest BCUT2D eigenvalue weighted by atomic mass is 16.3. The molecule has 0 aliphatic rings. The summed E-state index contributed by atoms with van der Waals surface area (Å²) >= 11 is 0. The van der Waals surface area contributed by atoms with Crippen molar-refractivity contribution in [2.75, 3.05) is 0 Å². The van der Waals surface area contributed by atoms with E-state index in [-0.39, 0.29) is 0 Å². The molecule has 7 aromatic carbocycles. The van der Waals surface area contributed by atoms with E-state index in [1.54, 1.807) is 0 Å². The van der Waals surface area contributed by atoms with Gasteiger partial charge in [-0.2, -0.15) is 0 Å². The maximum absolute atomic E-state index is 6.24. The van der Waals surface area contributed by atoms with Crippen molar-refractivity contribution >= 4 is 65.2 Å². The Morgan fingerprint density at radius 3 is 1.96 bits per heavy atom. The molecule has 47 heavy (non-hydrogen) atoms. The largest absolute Gasteiger partial charge is 0.456 e. The van der Waals surface area contributed by atoms with E-state index in [9.17, 15) is 0 Å². The Kier molecular flexibility index (Phi) is 5.51. The molecule has 0 atom stereocenters. The molecule has 0 aliphatic carbocycles. The molecule has 0 spiro atoms. The highest BCUT2D eigenvalue weighted by molar-refractivity contribution is 6.19. The molecule has 0 unspecified atom stereocenters. The van der Waals surface area contributed by atoms with Crippen molar-refractivity contribution < 1.29 is 4.42 Å². The van der Waals surface area contributed by atoms with Crippen LogP contribution in [0.4, 0.5) is 0 Å². The molecule has 5 nitrogen and oxygen atoms in total. The van der Waals surface area contributed by atoms with Gasteiger partial charge in [0.1, 0.15) is 11.2 Å². The molecule has 0 saturated carbocycles. The van der Waals surface area contributed by atoms with E-state index >= 15 is 0 Å². The Morgan fingerprint density at radius 2 is 1.06 bits per heavy atom. The summed E-state index contributed by atoms with van der Waals surface area (Å²) in [4.78, 5) is 20.2. The lowest BCUT2D eigenvalue weighted by atomic mass is 9.97. The van der Waals surface area contributed by atoms with Gasteiger partial charge in [-0.05, 0) is 57.3 Å². The second-order valence-electron chi connectivity index (χ2n) is 11.9. The predicted octanol–water partition coefficient (Wildman–Crippen LogP) is 10.8. The molecule has 0 aliphatic heterocycles. The van der Waals surface area contributed by atoms with E-state index in [0.717, 1.165) is 76.5 Å². The summed E-state index contributed by atoms with van der Waals surface area (Å²) in [7, 11) is 0. The second kappa shape index (κ2) is 10.0. The number of nitrogens with zero attached hydrogens (tertiary/aromatic N) is 4. The van der Waals surface area contributed by atoms with Crippen LogP contribution in [0.2, 0.25) is 0 Å². The molecule has 5 heteroatoms. The van der Waals surface area contributed by atoms with Gasteiger partial charge in [-0.15, -0.1) is 0 Å². The minimum atomic E-state index is 0.598. The molecule has 218 valence electrons. The van der Waals surface area contributed by atoms with E-state index in [2.05, 4.69) is 103 Å². The number of furan rings is 1. The summed E-state index contributed by atoms with van der Waals surface area (Å²) in [6.45, 7) is 0. The smallest absolute Gasteiger partial charge is 0.164 e. The summed E-state index contributed by atoms with van der Waals surface area (Å²) in [6.07, 6.45) is 1.86. The molecular formula is C42H24N4O. The van der Waals surface area contributed by atoms with Gasteiger partial charge in [0, 0.05) is 44.4 Å². The van der Waals surface area contributed by atoms with Gasteiger partial charge in [0.25, 0.3) is 0 Å².